The van der Waals surface area contributed by atoms with Gasteiger partial charge in [-0.1, -0.05) is 25.1 Å². The molecule has 0 aliphatic carbocycles. The highest BCUT2D eigenvalue weighted by Crippen LogP contribution is 2.43. The van der Waals surface area contributed by atoms with E-state index in [9.17, 15) is 15.0 Å². The SMILES string of the molecule is CCCCC(=O)Nc1cccc2c(O)n(C3CCONO3)c(O)c12. The lowest BCUT2D eigenvalue weighted by molar-refractivity contribution is -0.261. The third-order valence-electron chi connectivity index (χ3n) is 4.01. The number of unbranched alkanes of at least 4 members (excludes halogenated alkanes) is 1. The Morgan fingerprint density at radius 3 is 2.96 bits per heavy atom. The summed E-state index contributed by atoms with van der Waals surface area (Å²) in [5.41, 5.74) is 2.75. The molecule has 1 saturated heterocycles. The van der Waals surface area contributed by atoms with Crippen molar-refractivity contribution in [1.82, 2.24) is 10.2 Å². The minimum absolute atomic E-state index is 0.124. The third-order valence-corrected chi connectivity index (χ3v) is 4.01. The Morgan fingerprint density at radius 1 is 1.42 bits per heavy atom. The van der Waals surface area contributed by atoms with E-state index in [2.05, 4.69) is 11.0 Å². The lowest BCUT2D eigenvalue weighted by Crippen LogP contribution is -2.30. The molecule has 0 bridgehead atoms. The van der Waals surface area contributed by atoms with E-state index in [1.165, 1.54) is 4.57 Å². The lowest BCUT2D eigenvalue weighted by atomic mass is 10.1. The highest BCUT2D eigenvalue weighted by atomic mass is 16.9. The largest absolute Gasteiger partial charge is 0.494 e. The number of nitrogens with one attached hydrogen (secondary N) is 2. The average Bonchev–Trinajstić information content (AvgIpc) is 2.86. The van der Waals surface area contributed by atoms with Crippen LogP contribution in [0.1, 0.15) is 38.8 Å². The first kappa shape index (κ1) is 16.6. The first-order valence-corrected chi connectivity index (χ1v) is 8.00. The van der Waals surface area contributed by atoms with Crippen molar-refractivity contribution in [1.29, 1.82) is 0 Å². The van der Waals surface area contributed by atoms with Crippen molar-refractivity contribution >= 4 is 22.4 Å². The normalized spacial score (nSPS) is 18.0. The first-order valence-electron chi connectivity index (χ1n) is 8.00. The number of hydrogen-bond donors (Lipinski definition) is 4. The number of hydrogen-bond acceptors (Lipinski definition) is 6. The maximum atomic E-state index is 12.0. The third kappa shape index (κ3) is 3.03. The van der Waals surface area contributed by atoms with Crippen molar-refractivity contribution in [3.63, 3.8) is 0 Å². The van der Waals surface area contributed by atoms with Gasteiger partial charge in [-0.25, -0.2) is 0 Å². The fourth-order valence-corrected chi connectivity index (χ4v) is 2.79. The van der Waals surface area contributed by atoms with Gasteiger partial charge in [-0.05, 0) is 18.6 Å². The molecule has 1 aromatic carbocycles. The predicted molar refractivity (Wildman–Crippen MR) is 87.2 cm³/mol. The Morgan fingerprint density at radius 2 is 2.25 bits per heavy atom. The van der Waals surface area contributed by atoms with E-state index in [1.54, 1.807) is 18.2 Å². The summed E-state index contributed by atoms with van der Waals surface area (Å²) >= 11 is 0. The van der Waals surface area contributed by atoms with Crippen molar-refractivity contribution in [3.8, 4) is 11.8 Å². The van der Waals surface area contributed by atoms with E-state index >= 15 is 0 Å². The maximum Gasteiger partial charge on any atom is 0.224 e. The fourth-order valence-electron chi connectivity index (χ4n) is 2.79. The van der Waals surface area contributed by atoms with Gasteiger partial charge < -0.3 is 15.5 Å². The molecule has 1 amide bonds. The number of aromatic hydroxyl groups is 2. The molecule has 0 saturated carbocycles. The molecule has 8 nitrogen and oxygen atoms in total. The van der Waals surface area contributed by atoms with Crippen molar-refractivity contribution in [2.75, 3.05) is 11.9 Å². The van der Waals surface area contributed by atoms with Crippen molar-refractivity contribution in [2.24, 2.45) is 0 Å². The zero-order chi connectivity index (χ0) is 17.1. The molecule has 2 heterocycles. The monoisotopic (exact) mass is 335 g/mol. The number of aromatic nitrogens is 1. The number of carbonyl (C=O) groups is 1. The van der Waals surface area contributed by atoms with Crippen molar-refractivity contribution in [3.05, 3.63) is 18.2 Å². The first-order chi connectivity index (χ1) is 11.6. The second kappa shape index (κ2) is 7.08. The highest BCUT2D eigenvalue weighted by molar-refractivity contribution is 6.07. The number of benzene rings is 1. The van der Waals surface area contributed by atoms with E-state index in [0.717, 1.165) is 12.8 Å². The molecule has 0 radical (unpaired) electrons. The molecule has 1 aliphatic heterocycles. The van der Waals surface area contributed by atoms with Crippen LogP contribution in [0.15, 0.2) is 18.2 Å². The highest BCUT2D eigenvalue weighted by Gasteiger charge is 2.27. The van der Waals surface area contributed by atoms with Crippen LogP contribution >= 0.6 is 0 Å². The summed E-state index contributed by atoms with van der Waals surface area (Å²) in [4.78, 5) is 22.1. The summed E-state index contributed by atoms with van der Waals surface area (Å²) in [6.07, 6.45) is 1.96. The molecule has 3 rings (SSSR count). The van der Waals surface area contributed by atoms with Crippen LogP contribution in [-0.4, -0.2) is 27.3 Å². The number of fused-ring (bicyclic) bond motifs is 1. The van der Waals surface area contributed by atoms with Crippen LogP contribution in [0.5, 0.6) is 11.8 Å². The van der Waals surface area contributed by atoms with Gasteiger partial charge in [-0.15, -0.1) is 0 Å². The van der Waals surface area contributed by atoms with Gasteiger partial charge in [-0.3, -0.25) is 19.0 Å². The summed E-state index contributed by atoms with van der Waals surface area (Å²) in [5, 5.41) is 24.7. The number of rotatable bonds is 5. The van der Waals surface area contributed by atoms with Crippen LogP contribution in [0.2, 0.25) is 0 Å². The number of nitrogens with zero attached hydrogens (tertiary/aromatic N) is 1. The van der Waals surface area contributed by atoms with E-state index in [1.807, 2.05) is 6.92 Å². The van der Waals surface area contributed by atoms with E-state index < -0.39 is 6.23 Å². The standard InChI is InChI=1S/C16H21N3O5/c1-2-3-7-12(20)17-11-6-4-5-10-14(11)16(22)19(15(10)21)13-8-9-23-18-24-13/h4-6,13,18,21-22H,2-3,7-9H2,1H3,(H,17,20). The van der Waals surface area contributed by atoms with Gasteiger partial charge in [0.2, 0.25) is 17.7 Å². The minimum atomic E-state index is -0.616. The molecular weight excluding hydrogens is 314 g/mol. The maximum absolute atomic E-state index is 12.0. The quantitative estimate of drug-likeness (QED) is 0.669. The van der Waals surface area contributed by atoms with Gasteiger partial charge in [0, 0.05) is 18.2 Å². The summed E-state index contributed by atoms with van der Waals surface area (Å²) in [5.74, 6) is -0.413. The Kier molecular flexibility index (Phi) is 4.89. The molecule has 24 heavy (non-hydrogen) atoms. The molecule has 130 valence electrons. The van der Waals surface area contributed by atoms with E-state index in [-0.39, 0.29) is 17.7 Å². The van der Waals surface area contributed by atoms with Crippen LogP contribution in [0.25, 0.3) is 10.8 Å². The Hall–Kier alpha value is -2.29. The van der Waals surface area contributed by atoms with Crippen molar-refractivity contribution in [2.45, 2.75) is 38.8 Å². The molecule has 8 heteroatoms. The Bertz CT molecular complexity index is 737. The van der Waals surface area contributed by atoms with Gasteiger partial charge in [0.15, 0.2) is 6.23 Å². The van der Waals surface area contributed by atoms with Gasteiger partial charge in [-0.2, -0.15) is 0 Å². The van der Waals surface area contributed by atoms with E-state index in [0.29, 0.717) is 35.9 Å². The summed E-state index contributed by atoms with van der Waals surface area (Å²) in [7, 11) is 0. The molecule has 1 aliphatic rings. The molecule has 1 fully saturated rings. The second-order valence-electron chi connectivity index (χ2n) is 5.69. The zero-order valence-electron chi connectivity index (χ0n) is 13.4. The van der Waals surface area contributed by atoms with Crippen LogP contribution in [0.4, 0.5) is 5.69 Å². The van der Waals surface area contributed by atoms with Crippen LogP contribution < -0.4 is 11.0 Å². The Balaban J connectivity index is 1.98. The number of carbonyl (C=O) groups excluding carboxylic acids is 1. The molecule has 1 aromatic heterocycles. The number of anilines is 1. The number of amides is 1. The molecule has 2 aromatic rings. The topological polar surface area (TPSA) is 105 Å². The summed E-state index contributed by atoms with van der Waals surface area (Å²) in [6.45, 7) is 2.39. The molecule has 1 unspecified atom stereocenters. The van der Waals surface area contributed by atoms with Crippen LogP contribution in [0.3, 0.4) is 0 Å². The van der Waals surface area contributed by atoms with Crippen LogP contribution in [0, 0.1) is 0 Å². The summed E-state index contributed by atoms with van der Waals surface area (Å²) < 4.78 is 1.28. The van der Waals surface area contributed by atoms with Crippen LogP contribution in [-0.2, 0) is 14.5 Å². The Labute approximate surface area is 138 Å². The predicted octanol–water partition coefficient (Wildman–Crippen LogP) is 2.54. The average molecular weight is 335 g/mol. The molecule has 1 atom stereocenters. The summed E-state index contributed by atoms with van der Waals surface area (Å²) in [6, 6.07) is 5.08. The second-order valence-corrected chi connectivity index (χ2v) is 5.69. The van der Waals surface area contributed by atoms with E-state index in [4.69, 9.17) is 9.68 Å². The van der Waals surface area contributed by atoms with Crippen molar-refractivity contribution < 1.29 is 24.7 Å². The lowest BCUT2D eigenvalue weighted by Gasteiger charge is -2.24. The molecular formula is C16H21N3O5. The van der Waals surface area contributed by atoms with Gasteiger partial charge >= 0.3 is 0 Å². The minimum Gasteiger partial charge on any atom is -0.494 e. The van der Waals surface area contributed by atoms with Gasteiger partial charge in [0.05, 0.1) is 17.7 Å². The zero-order valence-corrected chi connectivity index (χ0v) is 13.4. The van der Waals surface area contributed by atoms with Gasteiger partial charge in [0.1, 0.15) is 0 Å². The smallest absolute Gasteiger partial charge is 0.224 e. The molecule has 0 spiro atoms. The van der Waals surface area contributed by atoms with Gasteiger partial charge in [0.25, 0.3) is 0 Å². The fraction of sp³-hybridized carbons (Fsp3) is 0.438. The molecule has 4 N–H and O–H groups in total.